The molecule has 2 nitrogen and oxygen atoms in total. The summed E-state index contributed by atoms with van der Waals surface area (Å²) in [5.74, 6) is 0.246. The Morgan fingerprint density at radius 1 is 1.91 bits per heavy atom. The first-order valence-electron chi connectivity index (χ1n) is 3.76. The predicted octanol–water partition coefficient (Wildman–Crippen LogP) is 1.32. The summed E-state index contributed by atoms with van der Waals surface area (Å²) >= 11 is 5.39. The highest BCUT2D eigenvalue weighted by molar-refractivity contribution is 6.18. The van der Waals surface area contributed by atoms with Crippen LogP contribution in [0, 0.1) is 0 Å². The van der Waals surface area contributed by atoms with Crippen LogP contribution in [0.1, 0.15) is 13.3 Å². The molecule has 2 atom stereocenters. The van der Waals surface area contributed by atoms with Crippen LogP contribution in [0.4, 0.5) is 0 Å². The Bertz CT molecular complexity index is 156. The molecule has 0 heterocycles. The Hall–Kier alpha value is -0.0500. The molecule has 0 radical (unpaired) electrons. The number of rotatable bonds is 4. The smallest absolute Gasteiger partial charge is 0.0908 e. The van der Waals surface area contributed by atoms with E-state index in [-0.39, 0.29) is 12.0 Å². The lowest BCUT2D eigenvalue weighted by molar-refractivity contribution is 0.00809. The molecule has 0 bridgehead atoms. The summed E-state index contributed by atoms with van der Waals surface area (Å²) in [6, 6.07) is 0. The molecule has 11 heavy (non-hydrogen) atoms. The van der Waals surface area contributed by atoms with Crippen molar-refractivity contribution in [3.05, 3.63) is 11.6 Å². The Labute approximate surface area is 71.8 Å². The number of alkyl halides is 1. The van der Waals surface area contributed by atoms with E-state index < -0.39 is 6.10 Å². The van der Waals surface area contributed by atoms with Gasteiger partial charge in [0.2, 0.25) is 0 Å². The van der Waals surface area contributed by atoms with Crippen molar-refractivity contribution in [3.63, 3.8) is 0 Å². The van der Waals surface area contributed by atoms with E-state index in [9.17, 15) is 0 Å². The number of hydrogen-bond donors (Lipinski definition) is 1. The zero-order valence-corrected chi connectivity index (χ0v) is 7.34. The van der Waals surface area contributed by atoms with Gasteiger partial charge in [-0.25, -0.2) is 0 Å². The van der Waals surface area contributed by atoms with Crippen molar-refractivity contribution in [1.82, 2.24) is 0 Å². The molecule has 1 aliphatic carbocycles. The SMILES string of the molecule is CC1=CCC1OCC(O)CCl. The van der Waals surface area contributed by atoms with Crippen LogP contribution in [0.5, 0.6) is 0 Å². The van der Waals surface area contributed by atoms with E-state index in [0.717, 1.165) is 6.42 Å². The Balaban J connectivity index is 2.09. The van der Waals surface area contributed by atoms with Gasteiger partial charge in [0, 0.05) is 0 Å². The van der Waals surface area contributed by atoms with Gasteiger partial charge in [-0.2, -0.15) is 0 Å². The van der Waals surface area contributed by atoms with E-state index >= 15 is 0 Å². The highest BCUT2D eigenvalue weighted by Crippen LogP contribution is 2.21. The van der Waals surface area contributed by atoms with E-state index in [1.807, 2.05) is 6.92 Å². The molecule has 0 aromatic heterocycles. The lowest BCUT2D eigenvalue weighted by Crippen LogP contribution is -2.26. The highest BCUT2D eigenvalue weighted by Gasteiger charge is 2.18. The molecule has 0 saturated heterocycles. The first-order valence-corrected chi connectivity index (χ1v) is 4.29. The second kappa shape index (κ2) is 4.10. The maximum atomic E-state index is 9.04. The van der Waals surface area contributed by atoms with E-state index in [0.29, 0.717) is 6.61 Å². The third-order valence-electron chi connectivity index (χ3n) is 1.83. The average molecular weight is 177 g/mol. The molecule has 0 saturated carbocycles. The van der Waals surface area contributed by atoms with Crippen molar-refractivity contribution in [3.8, 4) is 0 Å². The predicted molar refractivity (Wildman–Crippen MR) is 44.8 cm³/mol. The summed E-state index contributed by atoms with van der Waals surface area (Å²) in [5.41, 5.74) is 1.26. The minimum absolute atomic E-state index is 0.230. The molecule has 0 spiro atoms. The maximum Gasteiger partial charge on any atom is 0.0908 e. The second-order valence-electron chi connectivity index (χ2n) is 2.81. The van der Waals surface area contributed by atoms with Crippen LogP contribution in [0.2, 0.25) is 0 Å². The second-order valence-corrected chi connectivity index (χ2v) is 3.12. The fourth-order valence-corrected chi connectivity index (χ4v) is 1.01. The minimum atomic E-state index is -0.523. The van der Waals surface area contributed by atoms with Crippen molar-refractivity contribution in [1.29, 1.82) is 0 Å². The van der Waals surface area contributed by atoms with Gasteiger partial charge in [-0.05, 0) is 18.9 Å². The molecule has 1 rings (SSSR count). The van der Waals surface area contributed by atoms with Crippen molar-refractivity contribution in [2.24, 2.45) is 0 Å². The van der Waals surface area contributed by atoms with Crippen LogP contribution in [0.3, 0.4) is 0 Å². The fourth-order valence-electron chi connectivity index (χ4n) is 0.921. The summed E-state index contributed by atoms with van der Waals surface area (Å²) in [6.45, 7) is 2.38. The van der Waals surface area contributed by atoms with Crippen molar-refractivity contribution < 1.29 is 9.84 Å². The third kappa shape index (κ3) is 2.47. The molecule has 0 amide bonds. The highest BCUT2D eigenvalue weighted by atomic mass is 35.5. The first kappa shape index (κ1) is 9.04. The summed E-state index contributed by atoms with van der Waals surface area (Å²) in [6.07, 6.45) is 2.80. The third-order valence-corrected chi connectivity index (χ3v) is 2.19. The molecular weight excluding hydrogens is 164 g/mol. The molecule has 1 aliphatic rings. The minimum Gasteiger partial charge on any atom is -0.389 e. The van der Waals surface area contributed by atoms with Gasteiger partial charge in [0.05, 0.1) is 24.7 Å². The monoisotopic (exact) mass is 176 g/mol. The van der Waals surface area contributed by atoms with Gasteiger partial charge in [-0.15, -0.1) is 11.6 Å². The van der Waals surface area contributed by atoms with E-state index in [1.165, 1.54) is 5.57 Å². The molecule has 0 aliphatic heterocycles. The van der Waals surface area contributed by atoms with Gasteiger partial charge in [0.1, 0.15) is 0 Å². The van der Waals surface area contributed by atoms with Crippen LogP contribution in [-0.4, -0.2) is 29.8 Å². The zero-order valence-electron chi connectivity index (χ0n) is 6.59. The summed E-state index contributed by atoms with van der Waals surface area (Å²) < 4.78 is 5.34. The van der Waals surface area contributed by atoms with Gasteiger partial charge in [-0.3, -0.25) is 0 Å². The molecular formula is C8H13ClO2. The Kier molecular flexibility index (Phi) is 3.37. The summed E-state index contributed by atoms with van der Waals surface area (Å²) in [7, 11) is 0. The fraction of sp³-hybridized carbons (Fsp3) is 0.750. The molecule has 64 valence electrons. The lowest BCUT2D eigenvalue weighted by atomic mass is 9.97. The van der Waals surface area contributed by atoms with Gasteiger partial charge >= 0.3 is 0 Å². The molecule has 2 unspecified atom stereocenters. The van der Waals surface area contributed by atoms with Crippen LogP contribution >= 0.6 is 11.6 Å². The van der Waals surface area contributed by atoms with Gasteiger partial charge < -0.3 is 9.84 Å². The summed E-state index contributed by atoms with van der Waals surface area (Å²) in [5, 5.41) is 9.04. The molecule has 1 N–H and O–H groups in total. The van der Waals surface area contributed by atoms with Crippen molar-refractivity contribution in [2.45, 2.75) is 25.6 Å². The lowest BCUT2D eigenvalue weighted by Gasteiger charge is -2.25. The van der Waals surface area contributed by atoms with Crippen molar-refractivity contribution in [2.75, 3.05) is 12.5 Å². The maximum absolute atomic E-state index is 9.04. The average Bonchev–Trinajstić information content (AvgIpc) is 2.01. The molecule has 0 aromatic rings. The van der Waals surface area contributed by atoms with Crippen LogP contribution < -0.4 is 0 Å². The number of aliphatic hydroxyl groups excluding tert-OH is 1. The molecule has 0 aromatic carbocycles. The molecule has 0 fully saturated rings. The number of ether oxygens (including phenoxy) is 1. The van der Waals surface area contributed by atoms with Crippen LogP contribution in [0.25, 0.3) is 0 Å². The topological polar surface area (TPSA) is 29.5 Å². The standard InChI is InChI=1S/C8H13ClO2/c1-6-2-3-8(6)11-5-7(10)4-9/h2,7-8,10H,3-5H2,1H3. The zero-order chi connectivity index (χ0) is 8.27. The van der Waals surface area contributed by atoms with Gasteiger partial charge in [0.15, 0.2) is 0 Å². The quantitative estimate of drug-likeness (QED) is 0.517. The summed E-state index contributed by atoms with van der Waals surface area (Å²) in [4.78, 5) is 0. The van der Waals surface area contributed by atoms with Crippen LogP contribution in [0.15, 0.2) is 11.6 Å². The number of aliphatic hydroxyl groups is 1. The molecule has 3 heteroatoms. The van der Waals surface area contributed by atoms with Gasteiger partial charge in [0.25, 0.3) is 0 Å². The first-order chi connectivity index (χ1) is 5.24. The van der Waals surface area contributed by atoms with E-state index in [2.05, 4.69) is 6.08 Å². The van der Waals surface area contributed by atoms with E-state index in [1.54, 1.807) is 0 Å². The largest absolute Gasteiger partial charge is 0.389 e. The van der Waals surface area contributed by atoms with Crippen LogP contribution in [-0.2, 0) is 4.74 Å². The number of hydrogen-bond acceptors (Lipinski definition) is 2. The Morgan fingerprint density at radius 3 is 3.00 bits per heavy atom. The Morgan fingerprint density at radius 2 is 2.64 bits per heavy atom. The number of halogens is 1. The normalized spacial score (nSPS) is 25.7. The van der Waals surface area contributed by atoms with Gasteiger partial charge in [-0.1, -0.05) is 6.08 Å². The van der Waals surface area contributed by atoms with Crippen molar-refractivity contribution >= 4 is 11.6 Å². The van der Waals surface area contributed by atoms with E-state index in [4.69, 9.17) is 21.4 Å².